The summed E-state index contributed by atoms with van der Waals surface area (Å²) in [5.74, 6) is 0. The van der Waals surface area contributed by atoms with E-state index in [1.807, 2.05) is 0 Å². The topological polar surface area (TPSA) is 17.1 Å². The molecule has 0 rings (SSSR count). The van der Waals surface area contributed by atoms with Crippen LogP contribution in [0.4, 0.5) is 0 Å². The highest BCUT2D eigenvalue weighted by Crippen LogP contribution is 2.07. The van der Waals surface area contributed by atoms with Crippen LogP contribution in [0.2, 0.25) is 0 Å². The van der Waals surface area contributed by atoms with Gasteiger partial charge in [0, 0.05) is 0 Å². The van der Waals surface area contributed by atoms with Gasteiger partial charge in [0.15, 0.2) is 0 Å². The van der Waals surface area contributed by atoms with Crippen LogP contribution in [0.3, 0.4) is 0 Å². The van der Waals surface area contributed by atoms with Crippen molar-refractivity contribution in [2.45, 2.75) is 44.3 Å². The molecule has 2 heteroatoms. The average Bonchev–Trinajstić information content (AvgIpc) is 1.98. The fourth-order valence-electron chi connectivity index (χ4n) is 0.848. The van der Waals surface area contributed by atoms with E-state index >= 15 is 0 Å². The lowest BCUT2D eigenvalue weighted by Gasteiger charge is -2.00. The van der Waals surface area contributed by atoms with Gasteiger partial charge in [-0.2, -0.15) is 12.6 Å². The number of hydrogen-bond acceptors (Lipinski definition) is 2. The summed E-state index contributed by atoms with van der Waals surface area (Å²) in [6.45, 7) is 2.18. The van der Waals surface area contributed by atoms with Crippen LogP contribution in [0.5, 0.6) is 0 Å². The first-order chi connectivity index (χ1) is 4.81. The molecular formula is C8H16OS. The van der Waals surface area contributed by atoms with Gasteiger partial charge >= 0.3 is 0 Å². The van der Waals surface area contributed by atoms with Gasteiger partial charge in [0.05, 0.1) is 5.25 Å². The Kier molecular flexibility index (Phi) is 7.15. The van der Waals surface area contributed by atoms with Crippen LogP contribution < -0.4 is 0 Å². The molecule has 0 fully saturated rings. The molecule has 60 valence electrons. The van der Waals surface area contributed by atoms with Crippen LogP contribution in [0.1, 0.15) is 39.0 Å². The monoisotopic (exact) mass is 160 g/mol. The third-order valence-corrected chi connectivity index (χ3v) is 1.89. The molecule has 10 heavy (non-hydrogen) atoms. The Labute approximate surface area is 68.6 Å². The molecule has 0 aromatic carbocycles. The SMILES string of the molecule is CCCCCCC(S)C=O. The molecule has 0 N–H and O–H groups in total. The van der Waals surface area contributed by atoms with Gasteiger partial charge in [-0.1, -0.05) is 32.6 Å². The molecule has 0 saturated carbocycles. The minimum absolute atomic E-state index is 0.0307. The van der Waals surface area contributed by atoms with Crippen molar-refractivity contribution in [3.05, 3.63) is 0 Å². The molecular weight excluding hydrogens is 144 g/mol. The van der Waals surface area contributed by atoms with Crippen molar-refractivity contribution in [2.24, 2.45) is 0 Å². The highest BCUT2D eigenvalue weighted by molar-refractivity contribution is 7.81. The number of thiol groups is 1. The van der Waals surface area contributed by atoms with Gasteiger partial charge in [0.1, 0.15) is 6.29 Å². The largest absolute Gasteiger partial charge is 0.302 e. The molecule has 1 nitrogen and oxygen atoms in total. The van der Waals surface area contributed by atoms with Crippen LogP contribution in [-0.2, 0) is 4.79 Å². The predicted molar refractivity (Wildman–Crippen MR) is 47.6 cm³/mol. The molecule has 0 spiro atoms. The van der Waals surface area contributed by atoms with E-state index in [2.05, 4.69) is 19.6 Å². The zero-order valence-electron chi connectivity index (χ0n) is 6.55. The quantitative estimate of drug-likeness (QED) is 0.359. The van der Waals surface area contributed by atoms with E-state index < -0.39 is 0 Å². The lowest BCUT2D eigenvalue weighted by molar-refractivity contribution is -0.107. The summed E-state index contributed by atoms with van der Waals surface area (Å²) >= 11 is 4.06. The Morgan fingerprint density at radius 1 is 1.40 bits per heavy atom. The first-order valence-corrected chi connectivity index (χ1v) is 4.46. The fraction of sp³-hybridized carbons (Fsp3) is 0.875. The first-order valence-electron chi connectivity index (χ1n) is 3.94. The summed E-state index contributed by atoms with van der Waals surface area (Å²) in [5, 5.41) is -0.0307. The highest BCUT2D eigenvalue weighted by atomic mass is 32.1. The maximum atomic E-state index is 10.1. The number of hydrogen-bond donors (Lipinski definition) is 1. The Balaban J connectivity index is 2.95. The molecule has 0 aliphatic heterocycles. The molecule has 0 aliphatic rings. The van der Waals surface area contributed by atoms with Gasteiger partial charge in [-0.15, -0.1) is 0 Å². The molecule has 0 saturated heterocycles. The van der Waals surface area contributed by atoms with E-state index in [0.29, 0.717) is 0 Å². The zero-order valence-corrected chi connectivity index (χ0v) is 7.44. The molecule has 0 amide bonds. The van der Waals surface area contributed by atoms with Gasteiger partial charge in [-0.3, -0.25) is 0 Å². The standard InChI is InChI=1S/C8H16OS/c1-2-3-4-5-6-8(10)7-9/h7-8,10H,2-6H2,1H3. The van der Waals surface area contributed by atoms with Crippen molar-refractivity contribution in [2.75, 3.05) is 0 Å². The molecule has 1 atom stereocenters. The van der Waals surface area contributed by atoms with Crippen LogP contribution in [0, 0.1) is 0 Å². The van der Waals surface area contributed by atoms with E-state index in [1.54, 1.807) is 0 Å². The fourth-order valence-corrected chi connectivity index (χ4v) is 1.03. The second-order valence-corrected chi connectivity index (χ2v) is 3.22. The third-order valence-electron chi connectivity index (χ3n) is 1.51. The van der Waals surface area contributed by atoms with Crippen LogP contribution in [0.15, 0.2) is 0 Å². The molecule has 0 radical (unpaired) electrons. The normalized spacial score (nSPS) is 13.0. The van der Waals surface area contributed by atoms with Gasteiger partial charge < -0.3 is 4.79 Å². The van der Waals surface area contributed by atoms with Gasteiger partial charge in [0.25, 0.3) is 0 Å². The summed E-state index contributed by atoms with van der Waals surface area (Å²) in [7, 11) is 0. The van der Waals surface area contributed by atoms with Crippen molar-refractivity contribution in [1.82, 2.24) is 0 Å². The van der Waals surface area contributed by atoms with Crippen molar-refractivity contribution in [3.63, 3.8) is 0 Å². The van der Waals surface area contributed by atoms with Crippen molar-refractivity contribution >= 4 is 18.9 Å². The average molecular weight is 160 g/mol. The highest BCUT2D eigenvalue weighted by Gasteiger charge is 1.98. The van der Waals surface area contributed by atoms with Crippen molar-refractivity contribution < 1.29 is 4.79 Å². The van der Waals surface area contributed by atoms with E-state index in [1.165, 1.54) is 19.3 Å². The zero-order chi connectivity index (χ0) is 7.82. The number of aldehydes is 1. The maximum absolute atomic E-state index is 10.1. The smallest absolute Gasteiger partial charge is 0.132 e. The predicted octanol–water partition coefficient (Wildman–Crippen LogP) is 2.45. The molecule has 0 bridgehead atoms. The van der Waals surface area contributed by atoms with E-state index in [4.69, 9.17) is 0 Å². The molecule has 0 aromatic heterocycles. The molecule has 0 heterocycles. The van der Waals surface area contributed by atoms with E-state index in [9.17, 15) is 4.79 Å². The van der Waals surface area contributed by atoms with Gasteiger partial charge in [-0.05, 0) is 6.42 Å². The first kappa shape index (κ1) is 10.0. The van der Waals surface area contributed by atoms with Crippen molar-refractivity contribution in [3.8, 4) is 0 Å². The van der Waals surface area contributed by atoms with Gasteiger partial charge in [-0.25, -0.2) is 0 Å². The number of carbonyl (C=O) groups is 1. The Bertz CT molecular complexity index is 83.3. The van der Waals surface area contributed by atoms with Crippen LogP contribution in [0.25, 0.3) is 0 Å². The van der Waals surface area contributed by atoms with E-state index in [-0.39, 0.29) is 5.25 Å². The van der Waals surface area contributed by atoms with Gasteiger partial charge in [0.2, 0.25) is 0 Å². The second kappa shape index (κ2) is 7.13. The summed E-state index contributed by atoms with van der Waals surface area (Å²) < 4.78 is 0. The molecule has 0 aromatic rings. The second-order valence-electron chi connectivity index (χ2n) is 2.55. The minimum Gasteiger partial charge on any atom is -0.302 e. The lowest BCUT2D eigenvalue weighted by atomic mass is 10.1. The molecule has 0 aliphatic carbocycles. The maximum Gasteiger partial charge on any atom is 0.132 e. The number of rotatable bonds is 6. The minimum atomic E-state index is -0.0307. The number of unbranched alkanes of at least 4 members (excludes halogenated alkanes) is 3. The van der Waals surface area contributed by atoms with Crippen molar-refractivity contribution in [1.29, 1.82) is 0 Å². The Morgan fingerprint density at radius 2 is 2.10 bits per heavy atom. The molecule has 1 unspecified atom stereocenters. The summed E-state index contributed by atoms with van der Waals surface area (Å²) in [6, 6.07) is 0. The van der Waals surface area contributed by atoms with Crippen LogP contribution in [-0.4, -0.2) is 11.5 Å². The summed E-state index contributed by atoms with van der Waals surface area (Å²) in [5.41, 5.74) is 0. The Hall–Kier alpha value is 0.0200. The summed E-state index contributed by atoms with van der Waals surface area (Å²) in [4.78, 5) is 10.1. The number of carbonyl (C=O) groups excluding carboxylic acids is 1. The lowest BCUT2D eigenvalue weighted by Crippen LogP contribution is -1.98. The van der Waals surface area contributed by atoms with E-state index in [0.717, 1.165) is 19.1 Å². The Morgan fingerprint density at radius 3 is 2.60 bits per heavy atom. The third kappa shape index (κ3) is 6.14. The van der Waals surface area contributed by atoms with Crippen LogP contribution >= 0.6 is 12.6 Å². The summed E-state index contributed by atoms with van der Waals surface area (Å²) in [6.07, 6.45) is 6.75.